The van der Waals surface area contributed by atoms with Crippen LogP contribution >= 0.6 is 23.2 Å². The molecule has 4 rings (SSSR count). The number of amides is 4. The molecule has 0 aliphatic carbocycles. The van der Waals surface area contributed by atoms with Crippen molar-refractivity contribution >= 4 is 68.7 Å². The number of nitrogens with two attached hydrogens (primary N) is 1. The van der Waals surface area contributed by atoms with Crippen LogP contribution in [0.2, 0.25) is 0 Å². The molecule has 0 saturated heterocycles. The van der Waals surface area contributed by atoms with Crippen molar-refractivity contribution in [1.29, 1.82) is 0 Å². The molecule has 0 aromatic heterocycles. The first-order chi connectivity index (χ1) is 69.9. The molecule has 0 radical (unpaired) electrons. The van der Waals surface area contributed by atoms with Gasteiger partial charge < -0.3 is 45.9 Å². The van der Waals surface area contributed by atoms with Crippen molar-refractivity contribution in [3.8, 4) is 23.0 Å². The molecule has 15 nitrogen and oxygen atoms in total. The maximum Gasteiger partial charge on any atom is 0.259 e. The van der Waals surface area contributed by atoms with Crippen molar-refractivity contribution < 1.29 is 47.7 Å². The number of anilines is 2. The molecule has 4 amide bonds. The Balaban J connectivity index is 0.000000992. The summed E-state index contributed by atoms with van der Waals surface area (Å²) in [5.41, 5.74) is 7.40. The first-order valence-electron chi connectivity index (χ1n) is 52.3. The summed E-state index contributed by atoms with van der Waals surface area (Å²) in [7, 11) is 0. The van der Waals surface area contributed by atoms with Crippen LogP contribution in [0.15, 0.2) is 364 Å². The SMILES string of the molecule is CC/C=C\CC/C=C\CC/C=C\CC/C=C\CC/C=C\CC/C=C\CC/C=C\CC/C=C\CNC(=O)COc1ccc(C(=O)Nc2ccc(OCC(=O)NC/C=C\CC/C=C\CC/C=C\CC/C=C\CC/C=C\CC/C=C\CC/C=C\CC)cc2)cc1.CC/C=C\CC/C=C\CC/C=C\CC/C=C\CC/C=C\CC/C=C\CC/C=C\CN.O=C(Cl)COc1ccc(NC(=O)c2ccc(OCC(=O)Cl)cc2)cc1. The Morgan fingerprint density at radius 2 is 0.373 bits per heavy atom. The largest absolute Gasteiger partial charge is 0.484 e. The van der Waals surface area contributed by atoms with E-state index in [9.17, 15) is 28.8 Å². The summed E-state index contributed by atoms with van der Waals surface area (Å²) in [6.45, 7) is 7.36. The number of carbonyl (C=O) groups excluding carboxylic acids is 6. The van der Waals surface area contributed by atoms with Gasteiger partial charge in [-0.15, -0.1) is 0 Å². The highest BCUT2D eigenvalue weighted by Crippen LogP contribution is 2.22. The smallest absolute Gasteiger partial charge is 0.259 e. The average Bonchev–Trinajstić information content (AvgIpc) is 0.867. The molecule has 0 unspecified atom stereocenters. The van der Waals surface area contributed by atoms with Gasteiger partial charge in [-0.05, 0) is 384 Å². The Hall–Kier alpha value is -11.9. The lowest BCUT2D eigenvalue weighted by Gasteiger charge is -2.09. The second-order valence-electron chi connectivity index (χ2n) is 33.3. The van der Waals surface area contributed by atoms with Crippen LogP contribution in [-0.4, -0.2) is 80.2 Å². The van der Waals surface area contributed by atoms with E-state index >= 15 is 0 Å². The van der Waals surface area contributed by atoms with Gasteiger partial charge in [-0.2, -0.15) is 0 Å². The number of hydrogen-bond donors (Lipinski definition) is 5. The standard InChI is InChI=1S/C79H111N3O5.C29H47N.C17H13Cl2NO5/c1-3-5-7-9-11-13-15-17-19-21-23-25-27-29-31-32-33-34-36-38-40-42-43-45-47-49-51-53-55-57-59-69-80-77(83)71-86-75-65-61-73(62-66-75)79(85)82-74-63-67-76(68-64-74)87-72-78(84)81-70-60-58-56-54-52-50-48-46-44-41-39-37-35-30-28-26-24-22-20-18-16-14-12-10-8-6-4-2;1-2-3-4-5-6-7-8-9-10-11-12-13-14-15-16-17-18-19-20-21-22-23-24-25-26-27-28-29-30;18-15(21)9-24-13-5-1-11(2-6-13)17(23)20-12-3-7-14(8-4-12)25-10-16(19)22/h5-8,13-16,21-24,29-31,34-36,41-44,49-52,57-68H,3-4,9-12,17-20,25-28,32-33,37-40,45-48,53-56,69-72H2,1-2H3,(H,80,83)(H,81,84)(H,82,85);3-4,7-8,11-12,15-16,19-20,23-24,27-28H,2,5-6,9-10,13-14,17-18,21-22,25-26,29-30H2,1H3;1-8H,9-10H2,(H,20,23)/b7-5-,8-6-,15-13-,16-14-,23-21-,24-22-,31-29-,35-30-,36-34-,43-42-,44-41-,51-49-,52-50-,59-57-,60-58-;4-3-,8-7-,12-11-,16-15-,20-19-,24-23-,28-27-;. The minimum atomic E-state index is -0.607. The monoisotopic (exact) mass is 1970 g/mol. The van der Waals surface area contributed by atoms with Crippen LogP contribution in [0, 0.1) is 0 Å². The molecule has 4 aromatic carbocycles. The Kier molecular flexibility index (Phi) is 88.2. The zero-order valence-corrected chi connectivity index (χ0v) is 87.5. The summed E-state index contributed by atoms with van der Waals surface area (Å²) >= 11 is 10.4. The van der Waals surface area contributed by atoms with E-state index in [1.807, 2.05) is 18.2 Å². The van der Waals surface area contributed by atoms with Gasteiger partial charge in [0.2, 0.25) is 0 Å². The molecule has 4 aromatic rings. The third kappa shape index (κ3) is 86.0. The van der Waals surface area contributed by atoms with Crippen molar-refractivity contribution in [1.82, 2.24) is 10.6 Å². The van der Waals surface area contributed by atoms with E-state index in [-0.39, 0.29) is 50.1 Å². The van der Waals surface area contributed by atoms with Gasteiger partial charge in [0.15, 0.2) is 26.4 Å². The molecule has 17 heteroatoms. The molecule has 0 bridgehead atoms. The van der Waals surface area contributed by atoms with Gasteiger partial charge in [-0.25, -0.2) is 0 Å². The normalized spacial score (nSPS) is 12.4. The van der Waals surface area contributed by atoms with Crippen LogP contribution < -0.4 is 45.9 Å². The van der Waals surface area contributed by atoms with Gasteiger partial charge >= 0.3 is 0 Å². The molecule has 0 aliphatic heterocycles. The maximum atomic E-state index is 12.9. The second-order valence-corrected chi connectivity index (χ2v) is 34.1. The predicted octanol–water partition coefficient (Wildman–Crippen LogP) is 33.4. The summed E-state index contributed by atoms with van der Waals surface area (Å²) in [6, 6.07) is 26.2. The highest BCUT2D eigenvalue weighted by Gasteiger charge is 2.12. The van der Waals surface area contributed by atoms with Crippen LogP contribution in [0.4, 0.5) is 11.4 Å². The van der Waals surface area contributed by atoms with Crippen molar-refractivity contribution in [3.05, 3.63) is 376 Å². The molecular formula is C125H171Cl2N5O10. The Labute approximate surface area is 866 Å². The van der Waals surface area contributed by atoms with Crippen LogP contribution in [0.3, 0.4) is 0 Å². The number of rotatable bonds is 81. The van der Waals surface area contributed by atoms with Gasteiger partial charge in [-0.1, -0.05) is 288 Å². The zero-order valence-electron chi connectivity index (χ0n) is 86.0. The number of ether oxygens (including phenoxy) is 4. The molecule has 0 heterocycles. The molecule has 770 valence electrons. The number of benzene rings is 4. The highest BCUT2D eigenvalue weighted by atomic mass is 35.5. The fourth-order valence-electron chi connectivity index (χ4n) is 13.0. The van der Waals surface area contributed by atoms with Crippen molar-refractivity contribution in [3.63, 3.8) is 0 Å². The third-order valence-corrected chi connectivity index (χ3v) is 21.0. The van der Waals surface area contributed by atoms with E-state index in [1.165, 1.54) is 12.8 Å². The summed E-state index contributed by atoms with van der Waals surface area (Å²) in [6.07, 6.45) is 145. The maximum absolute atomic E-state index is 12.9. The van der Waals surface area contributed by atoms with Gasteiger partial charge in [0.1, 0.15) is 23.0 Å². The summed E-state index contributed by atoms with van der Waals surface area (Å²) in [5.74, 6) is 0.856. The number of allylic oxidation sites excluding steroid dienone is 41. The van der Waals surface area contributed by atoms with Gasteiger partial charge in [0.25, 0.3) is 34.1 Å². The molecule has 0 fully saturated rings. The van der Waals surface area contributed by atoms with Crippen LogP contribution in [0.25, 0.3) is 0 Å². The number of carbonyl (C=O) groups is 6. The van der Waals surface area contributed by atoms with Gasteiger partial charge in [-0.3, -0.25) is 28.8 Å². The van der Waals surface area contributed by atoms with Gasteiger partial charge in [0, 0.05) is 42.1 Å². The Morgan fingerprint density at radius 3 is 0.542 bits per heavy atom. The molecule has 0 aliphatic rings. The van der Waals surface area contributed by atoms with E-state index < -0.39 is 10.5 Å². The zero-order chi connectivity index (χ0) is 102. The highest BCUT2D eigenvalue weighted by molar-refractivity contribution is 6.64. The lowest BCUT2D eigenvalue weighted by molar-refractivity contribution is -0.123. The van der Waals surface area contributed by atoms with E-state index in [1.54, 1.807) is 97.1 Å². The first-order valence-corrected chi connectivity index (χ1v) is 53.1. The summed E-state index contributed by atoms with van der Waals surface area (Å²) < 4.78 is 21.5. The Bertz CT molecular complexity index is 4530. The van der Waals surface area contributed by atoms with Crippen molar-refractivity contribution in [2.45, 2.75) is 284 Å². The second kappa shape index (κ2) is 99.3. The third-order valence-electron chi connectivity index (χ3n) is 20.7. The number of halogens is 2. The predicted molar refractivity (Wildman–Crippen MR) is 608 cm³/mol. The van der Waals surface area contributed by atoms with Gasteiger partial charge in [0.05, 0.1) is 0 Å². The minimum absolute atomic E-state index is 0.109. The lowest BCUT2D eigenvalue weighted by atomic mass is 10.2. The average molecular weight is 1970 g/mol. The van der Waals surface area contributed by atoms with E-state index in [4.69, 9.17) is 47.9 Å². The molecule has 0 saturated carbocycles. The molecule has 6 N–H and O–H groups in total. The molecule has 0 spiro atoms. The fourth-order valence-corrected chi connectivity index (χ4v) is 13.1. The lowest BCUT2D eigenvalue weighted by Crippen LogP contribution is -2.28. The van der Waals surface area contributed by atoms with Crippen LogP contribution in [0.1, 0.15) is 305 Å². The first kappa shape index (κ1) is 126. The summed E-state index contributed by atoms with van der Waals surface area (Å²) in [5, 5.41) is 10.1. The molecule has 0 atom stereocenters. The van der Waals surface area contributed by atoms with E-state index in [2.05, 4.69) is 291 Å². The number of hydrogen-bond acceptors (Lipinski definition) is 11. The van der Waals surface area contributed by atoms with Crippen molar-refractivity contribution in [2.24, 2.45) is 5.73 Å². The minimum Gasteiger partial charge on any atom is -0.484 e. The number of unbranched alkanes of at least 4 members (excludes halogenated alkanes) is 19. The van der Waals surface area contributed by atoms with Crippen LogP contribution in [0.5, 0.6) is 23.0 Å². The van der Waals surface area contributed by atoms with E-state index in [0.29, 0.717) is 65.1 Å². The summed E-state index contributed by atoms with van der Waals surface area (Å²) in [4.78, 5) is 71.0. The van der Waals surface area contributed by atoms with Crippen molar-refractivity contribution in [2.75, 3.05) is 56.7 Å². The van der Waals surface area contributed by atoms with E-state index in [0.717, 1.165) is 250 Å². The van der Waals surface area contributed by atoms with Crippen LogP contribution in [-0.2, 0) is 19.2 Å². The molecular weight excluding hydrogens is 1800 g/mol. The fraction of sp³-hybridized carbons (Fsp3) is 0.408. The number of nitrogens with one attached hydrogen (secondary N) is 4. The quantitative estimate of drug-likeness (QED) is 0.0159. The molecule has 142 heavy (non-hydrogen) atoms. The topological polar surface area (TPSA) is 213 Å². The Morgan fingerprint density at radius 1 is 0.218 bits per heavy atom.